The van der Waals surface area contributed by atoms with Gasteiger partial charge in [0, 0.05) is 17.6 Å². The molecule has 0 radical (unpaired) electrons. The second-order valence-electron chi connectivity index (χ2n) is 3.20. The molecule has 3 heteroatoms. The van der Waals surface area contributed by atoms with Crippen molar-refractivity contribution in [3.8, 4) is 0 Å². The van der Waals surface area contributed by atoms with Crippen LogP contribution in [-0.4, -0.2) is 9.97 Å². The first kappa shape index (κ1) is 9.52. The second kappa shape index (κ2) is 3.90. The molecule has 1 aromatic rings. The lowest BCUT2D eigenvalue weighted by Gasteiger charge is -2.06. The van der Waals surface area contributed by atoms with Crippen molar-refractivity contribution in [2.45, 2.75) is 31.9 Å². The quantitative estimate of drug-likeness (QED) is 0.711. The third-order valence-electron chi connectivity index (χ3n) is 1.71. The molecule has 0 aromatic carbocycles. The smallest absolute Gasteiger partial charge is 0.0711 e. The van der Waals surface area contributed by atoms with Crippen molar-refractivity contribution in [1.82, 2.24) is 9.97 Å². The van der Waals surface area contributed by atoms with Crippen LogP contribution < -0.4 is 0 Å². The van der Waals surface area contributed by atoms with Gasteiger partial charge < -0.3 is 0 Å². The van der Waals surface area contributed by atoms with Crippen LogP contribution in [0.3, 0.4) is 0 Å². The van der Waals surface area contributed by atoms with Crippen molar-refractivity contribution in [1.29, 1.82) is 0 Å². The van der Waals surface area contributed by atoms with Gasteiger partial charge in [0.25, 0.3) is 0 Å². The molecule has 0 aliphatic carbocycles. The molecular weight excluding hydrogens is 168 g/mol. The van der Waals surface area contributed by atoms with Crippen LogP contribution >= 0.6 is 12.6 Å². The highest BCUT2D eigenvalue weighted by Crippen LogP contribution is 2.16. The summed E-state index contributed by atoms with van der Waals surface area (Å²) in [6, 6.07) is 0. The summed E-state index contributed by atoms with van der Waals surface area (Å²) in [4.78, 5) is 8.55. The van der Waals surface area contributed by atoms with Crippen molar-refractivity contribution in [2.24, 2.45) is 0 Å². The monoisotopic (exact) mass is 182 g/mol. The molecule has 1 rings (SSSR count). The van der Waals surface area contributed by atoms with Gasteiger partial charge in [-0.1, -0.05) is 13.8 Å². The third kappa shape index (κ3) is 2.21. The molecule has 0 spiro atoms. The van der Waals surface area contributed by atoms with Gasteiger partial charge in [-0.3, -0.25) is 9.97 Å². The Balaban J connectivity index is 2.86. The summed E-state index contributed by atoms with van der Waals surface area (Å²) < 4.78 is 0. The van der Waals surface area contributed by atoms with Crippen LogP contribution in [0.2, 0.25) is 0 Å². The van der Waals surface area contributed by atoms with Gasteiger partial charge in [0.1, 0.15) is 0 Å². The zero-order valence-corrected chi connectivity index (χ0v) is 8.55. The first-order chi connectivity index (χ1) is 5.61. The lowest BCUT2D eigenvalue weighted by molar-refractivity contribution is 0.800. The Morgan fingerprint density at radius 1 is 1.08 bits per heavy atom. The predicted molar refractivity (Wildman–Crippen MR) is 53.5 cm³/mol. The predicted octanol–water partition coefficient (Wildman–Crippen LogP) is 2.59. The number of aromatic nitrogens is 2. The topological polar surface area (TPSA) is 25.8 Å². The van der Waals surface area contributed by atoms with Crippen LogP contribution in [0.4, 0.5) is 0 Å². The molecule has 0 saturated carbocycles. The lowest BCUT2D eigenvalue weighted by atomic mass is 10.1. The molecule has 66 valence electrons. The lowest BCUT2D eigenvalue weighted by Crippen LogP contribution is -1.97. The highest BCUT2D eigenvalue weighted by Gasteiger charge is 2.04. The molecule has 2 nitrogen and oxygen atoms in total. The molecule has 0 bridgehead atoms. The number of rotatable bonds is 2. The Morgan fingerprint density at radius 2 is 1.58 bits per heavy atom. The Morgan fingerprint density at radius 3 is 1.92 bits per heavy atom. The molecule has 12 heavy (non-hydrogen) atoms. The van der Waals surface area contributed by atoms with E-state index in [4.69, 9.17) is 0 Å². The van der Waals surface area contributed by atoms with Gasteiger partial charge >= 0.3 is 0 Å². The Hall–Kier alpha value is -0.570. The molecule has 0 aliphatic heterocycles. The van der Waals surface area contributed by atoms with Crippen LogP contribution in [0.15, 0.2) is 12.4 Å². The van der Waals surface area contributed by atoms with Gasteiger partial charge in [-0.05, 0) is 12.8 Å². The zero-order valence-electron chi connectivity index (χ0n) is 7.65. The van der Waals surface area contributed by atoms with Crippen LogP contribution in [0.25, 0.3) is 0 Å². The van der Waals surface area contributed by atoms with E-state index < -0.39 is 0 Å². The summed E-state index contributed by atoms with van der Waals surface area (Å²) in [6.07, 6.45) is 3.62. The average Bonchev–Trinajstić information content (AvgIpc) is 2.04. The Labute approximate surface area is 78.9 Å². The fraction of sp³-hybridized carbons (Fsp3) is 0.556. The fourth-order valence-electron chi connectivity index (χ4n) is 0.862. The Kier molecular flexibility index (Phi) is 3.09. The van der Waals surface area contributed by atoms with E-state index in [1.165, 1.54) is 0 Å². The largest absolute Gasteiger partial charge is 0.257 e. The summed E-state index contributed by atoms with van der Waals surface area (Å²) in [5.41, 5.74) is 1.97. The summed E-state index contributed by atoms with van der Waals surface area (Å²) in [5, 5.41) is 0.165. The number of hydrogen-bond acceptors (Lipinski definition) is 3. The van der Waals surface area contributed by atoms with Crippen molar-refractivity contribution >= 4 is 12.6 Å². The minimum Gasteiger partial charge on any atom is -0.257 e. The van der Waals surface area contributed by atoms with Gasteiger partial charge in [0.2, 0.25) is 0 Å². The molecule has 0 amide bonds. The zero-order chi connectivity index (χ0) is 9.14. The Bertz CT molecular complexity index is 214. The molecule has 1 aromatic heterocycles. The van der Waals surface area contributed by atoms with Crippen molar-refractivity contribution in [3.05, 3.63) is 23.8 Å². The van der Waals surface area contributed by atoms with Crippen molar-refractivity contribution < 1.29 is 0 Å². The molecule has 1 heterocycles. The maximum absolute atomic E-state index is 4.29. The van der Waals surface area contributed by atoms with Gasteiger partial charge in [-0.2, -0.15) is 12.6 Å². The van der Waals surface area contributed by atoms with Crippen LogP contribution in [0.5, 0.6) is 0 Å². The van der Waals surface area contributed by atoms with E-state index in [-0.39, 0.29) is 5.25 Å². The van der Waals surface area contributed by atoms with Gasteiger partial charge in [0.15, 0.2) is 0 Å². The van der Waals surface area contributed by atoms with Crippen LogP contribution in [-0.2, 0) is 0 Å². The summed E-state index contributed by atoms with van der Waals surface area (Å²) in [5.74, 6) is 0.446. The summed E-state index contributed by atoms with van der Waals surface area (Å²) in [6.45, 7) is 6.20. The molecule has 0 N–H and O–H groups in total. The molecule has 1 atom stereocenters. The standard InChI is InChI=1S/C9H14N2S/c1-6(2)8-4-11-9(5-10-8)7(3)12/h4-7,12H,1-3H3. The number of nitrogens with zero attached hydrogens (tertiary/aromatic N) is 2. The highest BCUT2D eigenvalue weighted by molar-refractivity contribution is 7.80. The maximum Gasteiger partial charge on any atom is 0.0711 e. The summed E-state index contributed by atoms with van der Waals surface area (Å²) >= 11 is 4.27. The number of thiol groups is 1. The van der Waals surface area contributed by atoms with Crippen molar-refractivity contribution in [3.63, 3.8) is 0 Å². The minimum atomic E-state index is 0.165. The number of hydrogen-bond donors (Lipinski definition) is 1. The molecule has 0 aliphatic rings. The van der Waals surface area contributed by atoms with Gasteiger partial charge in [-0.15, -0.1) is 0 Å². The fourth-order valence-corrected chi connectivity index (χ4v) is 0.995. The second-order valence-corrected chi connectivity index (χ2v) is 3.97. The first-order valence-electron chi connectivity index (χ1n) is 4.11. The molecule has 1 unspecified atom stereocenters. The van der Waals surface area contributed by atoms with Crippen LogP contribution in [0, 0.1) is 0 Å². The van der Waals surface area contributed by atoms with E-state index in [1.807, 2.05) is 13.1 Å². The SMILES string of the molecule is CC(C)c1cnc(C(C)S)cn1. The first-order valence-corrected chi connectivity index (χ1v) is 4.62. The average molecular weight is 182 g/mol. The van der Waals surface area contributed by atoms with E-state index in [1.54, 1.807) is 6.20 Å². The van der Waals surface area contributed by atoms with Crippen LogP contribution in [0.1, 0.15) is 43.3 Å². The van der Waals surface area contributed by atoms with E-state index in [2.05, 4.69) is 36.4 Å². The van der Waals surface area contributed by atoms with E-state index in [0.29, 0.717) is 5.92 Å². The third-order valence-corrected chi connectivity index (χ3v) is 1.98. The highest BCUT2D eigenvalue weighted by atomic mass is 32.1. The molecular formula is C9H14N2S. The van der Waals surface area contributed by atoms with Gasteiger partial charge in [-0.25, -0.2) is 0 Å². The van der Waals surface area contributed by atoms with E-state index >= 15 is 0 Å². The van der Waals surface area contributed by atoms with E-state index in [9.17, 15) is 0 Å². The van der Waals surface area contributed by atoms with Crippen molar-refractivity contribution in [2.75, 3.05) is 0 Å². The normalized spacial score (nSPS) is 13.4. The summed E-state index contributed by atoms with van der Waals surface area (Å²) in [7, 11) is 0. The minimum absolute atomic E-state index is 0.165. The van der Waals surface area contributed by atoms with E-state index in [0.717, 1.165) is 11.4 Å². The van der Waals surface area contributed by atoms with Gasteiger partial charge in [0.05, 0.1) is 11.4 Å². The molecule has 0 fully saturated rings. The maximum atomic E-state index is 4.29. The molecule has 0 saturated heterocycles.